The molecule has 1 aromatic rings. The Kier molecular flexibility index (Phi) is 5.09. The standard InChI is InChI=1S/C13H14Cl2N2O2S/c1-13(2,3)20(18,19)12(7-16)8-17-11-5-9(14)4-10(15)6-11/h4-6,8,17H,1-3H3/b12-8+. The van der Waals surface area contributed by atoms with Crippen molar-refractivity contribution in [3.63, 3.8) is 0 Å². The zero-order valence-electron chi connectivity index (χ0n) is 11.2. The SMILES string of the molecule is CC(C)(C)S(=O)(=O)/C(C#N)=C/Nc1cc(Cl)cc(Cl)c1. The number of nitriles is 1. The summed E-state index contributed by atoms with van der Waals surface area (Å²) in [6.07, 6.45) is 1.14. The number of rotatable bonds is 3. The molecular weight excluding hydrogens is 319 g/mol. The van der Waals surface area contributed by atoms with Crippen LogP contribution >= 0.6 is 23.2 Å². The van der Waals surface area contributed by atoms with Gasteiger partial charge >= 0.3 is 0 Å². The molecule has 0 fully saturated rings. The molecular formula is C13H14Cl2N2O2S. The van der Waals surface area contributed by atoms with Gasteiger partial charge in [0.15, 0.2) is 14.7 Å². The zero-order chi connectivity index (χ0) is 15.6. The summed E-state index contributed by atoms with van der Waals surface area (Å²) in [5.41, 5.74) is 0.499. The van der Waals surface area contributed by atoms with Crippen LogP contribution in [0, 0.1) is 11.3 Å². The van der Waals surface area contributed by atoms with Gasteiger partial charge in [0, 0.05) is 21.9 Å². The van der Waals surface area contributed by atoms with E-state index in [-0.39, 0.29) is 4.91 Å². The zero-order valence-corrected chi connectivity index (χ0v) is 13.6. The van der Waals surface area contributed by atoms with Crippen molar-refractivity contribution in [2.75, 3.05) is 5.32 Å². The molecule has 0 bridgehead atoms. The van der Waals surface area contributed by atoms with Crippen LogP contribution in [0.15, 0.2) is 29.3 Å². The summed E-state index contributed by atoms with van der Waals surface area (Å²) in [5.74, 6) is 0. The molecule has 0 spiro atoms. The van der Waals surface area contributed by atoms with Crippen molar-refractivity contribution in [1.29, 1.82) is 5.26 Å². The molecule has 0 saturated heterocycles. The Labute approximate surface area is 128 Å². The van der Waals surface area contributed by atoms with Gasteiger partial charge in [-0.15, -0.1) is 0 Å². The third-order valence-corrected chi connectivity index (χ3v) is 5.28. The third kappa shape index (κ3) is 3.89. The molecule has 0 aliphatic heterocycles. The minimum atomic E-state index is -3.71. The predicted octanol–water partition coefficient (Wildman–Crippen LogP) is 3.98. The lowest BCUT2D eigenvalue weighted by molar-refractivity contribution is 0.568. The van der Waals surface area contributed by atoms with E-state index in [4.69, 9.17) is 28.5 Å². The lowest BCUT2D eigenvalue weighted by Gasteiger charge is -2.18. The van der Waals surface area contributed by atoms with Crippen LogP contribution in [0.2, 0.25) is 10.0 Å². The molecule has 0 saturated carbocycles. The van der Waals surface area contributed by atoms with E-state index < -0.39 is 14.6 Å². The van der Waals surface area contributed by atoms with Crippen molar-refractivity contribution in [3.05, 3.63) is 39.3 Å². The Bertz CT molecular complexity index is 663. The van der Waals surface area contributed by atoms with Crippen LogP contribution in [0.1, 0.15) is 20.8 Å². The van der Waals surface area contributed by atoms with Gasteiger partial charge in [-0.2, -0.15) is 5.26 Å². The maximum absolute atomic E-state index is 12.2. The Morgan fingerprint density at radius 2 is 1.75 bits per heavy atom. The number of halogens is 2. The molecule has 0 atom stereocenters. The molecule has 1 aromatic carbocycles. The Balaban J connectivity index is 3.13. The summed E-state index contributed by atoms with van der Waals surface area (Å²) >= 11 is 11.7. The second-order valence-corrected chi connectivity index (χ2v) is 8.58. The summed E-state index contributed by atoms with van der Waals surface area (Å²) in [7, 11) is -3.71. The number of nitrogens with one attached hydrogen (secondary N) is 1. The Morgan fingerprint density at radius 1 is 1.25 bits per heavy atom. The van der Waals surface area contributed by atoms with Crippen molar-refractivity contribution in [2.24, 2.45) is 0 Å². The van der Waals surface area contributed by atoms with Crippen LogP contribution in [0.3, 0.4) is 0 Å². The highest BCUT2D eigenvalue weighted by Crippen LogP contribution is 2.25. The molecule has 0 heterocycles. The molecule has 1 N–H and O–H groups in total. The van der Waals surface area contributed by atoms with Crippen molar-refractivity contribution >= 4 is 38.7 Å². The van der Waals surface area contributed by atoms with E-state index >= 15 is 0 Å². The fraction of sp³-hybridized carbons (Fsp3) is 0.308. The fourth-order valence-electron chi connectivity index (χ4n) is 1.29. The van der Waals surface area contributed by atoms with Crippen LogP contribution in [-0.4, -0.2) is 13.2 Å². The molecule has 0 aromatic heterocycles. The number of anilines is 1. The molecule has 1 rings (SSSR count). The van der Waals surface area contributed by atoms with Crippen molar-refractivity contribution in [3.8, 4) is 6.07 Å². The number of hydrogen-bond donors (Lipinski definition) is 1. The predicted molar refractivity (Wildman–Crippen MR) is 82.5 cm³/mol. The van der Waals surface area contributed by atoms with Gasteiger partial charge in [-0.05, 0) is 39.0 Å². The van der Waals surface area contributed by atoms with Crippen molar-refractivity contribution < 1.29 is 8.42 Å². The Morgan fingerprint density at radius 3 is 2.15 bits per heavy atom. The van der Waals surface area contributed by atoms with Crippen LogP contribution < -0.4 is 5.32 Å². The topological polar surface area (TPSA) is 70.0 Å². The molecule has 0 aliphatic rings. The lowest BCUT2D eigenvalue weighted by atomic mass is 10.3. The summed E-state index contributed by atoms with van der Waals surface area (Å²) in [6.45, 7) is 4.59. The minimum Gasteiger partial charge on any atom is -0.360 e. The molecule has 20 heavy (non-hydrogen) atoms. The van der Waals surface area contributed by atoms with E-state index in [0.717, 1.165) is 6.20 Å². The largest absolute Gasteiger partial charge is 0.360 e. The van der Waals surface area contributed by atoms with Gasteiger partial charge in [0.05, 0.1) is 4.75 Å². The number of sulfone groups is 1. The highest BCUT2D eigenvalue weighted by molar-refractivity contribution is 7.96. The Hall–Kier alpha value is -1.22. The number of nitrogens with zero attached hydrogens (tertiary/aromatic N) is 1. The van der Waals surface area contributed by atoms with Gasteiger partial charge in [0.1, 0.15) is 6.07 Å². The highest BCUT2D eigenvalue weighted by Gasteiger charge is 2.33. The van der Waals surface area contributed by atoms with E-state index in [1.807, 2.05) is 0 Å². The maximum atomic E-state index is 12.2. The monoisotopic (exact) mass is 332 g/mol. The van der Waals surface area contributed by atoms with Crippen LogP contribution in [0.5, 0.6) is 0 Å². The lowest BCUT2D eigenvalue weighted by Crippen LogP contribution is -2.29. The van der Waals surface area contributed by atoms with Gasteiger partial charge in [-0.25, -0.2) is 8.42 Å². The molecule has 0 radical (unpaired) electrons. The first kappa shape index (κ1) is 16.8. The molecule has 0 amide bonds. The van der Waals surface area contributed by atoms with Gasteiger partial charge in [-0.1, -0.05) is 23.2 Å². The van der Waals surface area contributed by atoms with Crippen LogP contribution in [0.25, 0.3) is 0 Å². The summed E-state index contributed by atoms with van der Waals surface area (Å²) in [5, 5.41) is 12.6. The molecule has 0 unspecified atom stereocenters. The van der Waals surface area contributed by atoms with Crippen molar-refractivity contribution in [1.82, 2.24) is 0 Å². The molecule has 108 valence electrons. The minimum absolute atomic E-state index is 0.346. The summed E-state index contributed by atoms with van der Waals surface area (Å²) < 4.78 is 23.3. The van der Waals surface area contributed by atoms with Crippen LogP contribution in [0.4, 0.5) is 5.69 Å². The summed E-state index contributed by atoms with van der Waals surface area (Å²) in [4.78, 5) is -0.346. The fourth-order valence-corrected chi connectivity index (χ4v) is 2.81. The smallest absolute Gasteiger partial charge is 0.194 e. The molecule has 7 heteroatoms. The van der Waals surface area contributed by atoms with E-state index in [1.54, 1.807) is 24.3 Å². The van der Waals surface area contributed by atoms with E-state index in [2.05, 4.69) is 5.32 Å². The van der Waals surface area contributed by atoms with Gasteiger partial charge < -0.3 is 5.32 Å². The molecule has 0 aliphatic carbocycles. The number of allylic oxidation sites excluding steroid dienone is 1. The first-order valence-electron chi connectivity index (χ1n) is 5.65. The normalized spacial score (nSPS) is 12.9. The third-order valence-electron chi connectivity index (χ3n) is 2.44. The average Bonchev–Trinajstić information content (AvgIpc) is 2.26. The maximum Gasteiger partial charge on any atom is 0.194 e. The first-order valence-corrected chi connectivity index (χ1v) is 7.89. The quantitative estimate of drug-likeness (QED) is 0.849. The second-order valence-electron chi connectivity index (χ2n) is 5.04. The number of hydrogen-bond acceptors (Lipinski definition) is 4. The summed E-state index contributed by atoms with van der Waals surface area (Å²) in [6, 6.07) is 6.39. The number of benzene rings is 1. The van der Waals surface area contributed by atoms with Crippen molar-refractivity contribution in [2.45, 2.75) is 25.5 Å². The first-order chi connectivity index (χ1) is 9.07. The second kappa shape index (κ2) is 6.04. The van der Waals surface area contributed by atoms with Gasteiger partial charge in [-0.3, -0.25) is 0 Å². The average molecular weight is 333 g/mol. The van der Waals surface area contributed by atoms with Gasteiger partial charge in [0.2, 0.25) is 0 Å². The van der Waals surface area contributed by atoms with Crippen LogP contribution in [-0.2, 0) is 9.84 Å². The van der Waals surface area contributed by atoms with E-state index in [1.165, 1.54) is 20.8 Å². The highest BCUT2D eigenvalue weighted by atomic mass is 35.5. The molecule has 4 nitrogen and oxygen atoms in total. The van der Waals surface area contributed by atoms with E-state index in [0.29, 0.717) is 15.7 Å². The van der Waals surface area contributed by atoms with E-state index in [9.17, 15) is 8.42 Å². The van der Waals surface area contributed by atoms with Gasteiger partial charge in [0.25, 0.3) is 0 Å².